The average Bonchev–Trinajstić information content (AvgIpc) is 2.97. The van der Waals surface area contributed by atoms with Gasteiger partial charge >= 0.3 is 5.97 Å². The summed E-state index contributed by atoms with van der Waals surface area (Å²) in [5.41, 5.74) is 0. The van der Waals surface area contributed by atoms with Crippen molar-refractivity contribution < 1.29 is 24.1 Å². The SMILES string of the molecule is COc1ccccc1OCCN(C)C1COCC1C(=O)O. The lowest BCUT2D eigenvalue weighted by atomic mass is 10.0. The molecule has 2 rings (SSSR count). The summed E-state index contributed by atoms with van der Waals surface area (Å²) < 4.78 is 16.2. The van der Waals surface area contributed by atoms with Crippen molar-refractivity contribution in [2.45, 2.75) is 6.04 Å². The van der Waals surface area contributed by atoms with Gasteiger partial charge in [0, 0.05) is 12.6 Å². The summed E-state index contributed by atoms with van der Waals surface area (Å²) in [6.45, 7) is 1.80. The van der Waals surface area contributed by atoms with E-state index in [4.69, 9.17) is 19.3 Å². The predicted molar refractivity (Wildman–Crippen MR) is 76.9 cm³/mol. The van der Waals surface area contributed by atoms with Crippen LogP contribution in [-0.4, -0.2) is 62.5 Å². The van der Waals surface area contributed by atoms with Gasteiger partial charge in [-0.3, -0.25) is 9.69 Å². The van der Waals surface area contributed by atoms with Crippen molar-refractivity contribution >= 4 is 5.97 Å². The second-order valence-corrected chi connectivity index (χ2v) is 5.03. The van der Waals surface area contributed by atoms with Crippen LogP contribution < -0.4 is 9.47 Å². The van der Waals surface area contributed by atoms with Crippen LogP contribution in [0, 0.1) is 5.92 Å². The number of nitrogens with zero attached hydrogens (tertiary/aromatic N) is 1. The van der Waals surface area contributed by atoms with Gasteiger partial charge in [-0.25, -0.2) is 0 Å². The van der Waals surface area contributed by atoms with E-state index >= 15 is 0 Å². The summed E-state index contributed by atoms with van der Waals surface area (Å²) in [5.74, 6) is 0.0925. The molecule has 1 heterocycles. The number of likely N-dealkylation sites (N-methyl/N-ethyl adjacent to an activating group) is 1. The number of para-hydroxylation sites is 2. The van der Waals surface area contributed by atoms with Crippen molar-refractivity contribution in [3.05, 3.63) is 24.3 Å². The average molecular weight is 295 g/mol. The van der Waals surface area contributed by atoms with Crippen molar-refractivity contribution in [1.29, 1.82) is 0 Å². The number of carboxylic acids is 1. The van der Waals surface area contributed by atoms with Gasteiger partial charge in [-0.1, -0.05) is 12.1 Å². The molecule has 1 saturated heterocycles. The molecule has 2 atom stereocenters. The molecule has 2 unspecified atom stereocenters. The van der Waals surface area contributed by atoms with Gasteiger partial charge in [-0.2, -0.15) is 0 Å². The fraction of sp³-hybridized carbons (Fsp3) is 0.533. The Morgan fingerprint density at radius 2 is 2.10 bits per heavy atom. The fourth-order valence-electron chi connectivity index (χ4n) is 2.42. The summed E-state index contributed by atoms with van der Waals surface area (Å²) >= 11 is 0. The van der Waals surface area contributed by atoms with Crippen LogP contribution in [0.1, 0.15) is 0 Å². The lowest BCUT2D eigenvalue weighted by Crippen LogP contribution is -2.42. The van der Waals surface area contributed by atoms with Crippen LogP contribution in [-0.2, 0) is 9.53 Å². The molecule has 21 heavy (non-hydrogen) atoms. The number of carboxylic acid groups (broad SMARTS) is 1. The van der Waals surface area contributed by atoms with Gasteiger partial charge in [-0.15, -0.1) is 0 Å². The number of rotatable bonds is 7. The number of benzene rings is 1. The fourth-order valence-corrected chi connectivity index (χ4v) is 2.42. The number of aliphatic carboxylic acids is 1. The van der Waals surface area contributed by atoms with E-state index in [0.717, 1.165) is 0 Å². The van der Waals surface area contributed by atoms with Gasteiger partial charge in [-0.05, 0) is 19.2 Å². The third kappa shape index (κ3) is 3.86. The van der Waals surface area contributed by atoms with E-state index in [1.54, 1.807) is 7.11 Å². The first-order chi connectivity index (χ1) is 10.1. The predicted octanol–water partition coefficient (Wildman–Crippen LogP) is 1.11. The highest BCUT2D eigenvalue weighted by atomic mass is 16.5. The Balaban J connectivity index is 1.84. The maximum atomic E-state index is 11.1. The highest BCUT2D eigenvalue weighted by molar-refractivity contribution is 5.71. The number of hydrogen-bond donors (Lipinski definition) is 1. The molecule has 0 radical (unpaired) electrons. The Bertz CT molecular complexity index is 479. The van der Waals surface area contributed by atoms with Crippen molar-refractivity contribution in [2.24, 2.45) is 5.92 Å². The largest absolute Gasteiger partial charge is 0.493 e. The summed E-state index contributed by atoms with van der Waals surface area (Å²) in [6, 6.07) is 7.34. The molecular formula is C15H21NO5. The Kier molecular flexibility index (Phi) is 5.41. The first kappa shape index (κ1) is 15.6. The zero-order valence-electron chi connectivity index (χ0n) is 12.3. The van der Waals surface area contributed by atoms with E-state index in [0.29, 0.717) is 31.3 Å². The van der Waals surface area contributed by atoms with E-state index in [-0.39, 0.29) is 12.6 Å². The van der Waals surface area contributed by atoms with E-state index < -0.39 is 11.9 Å². The molecule has 0 aliphatic carbocycles. The lowest BCUT2D eigenvalue weighted by molar-refractivity contribution is -0.143. The van der Waals surface area contributed by atoms with E-state index in [1.165, 1.54) is 0 Å². The van der Waals surface area contributed by atoms with Gasteiger partial charge in [0.05, 0.1) is 26.2 Å². The number of hydrogen-bond acceptors (Lipinski definition) is 5. The molecule has 1 aromatic carbocycles. The van der Waals surface area contributed by atoms with Crippen LogP contribution in [0.3, 0.4) is 0 Å². The molecule has 116 valence electrons. The molecule has 0 saturated carbocycles. The Morgan fingerprint density at radius 3 is 2.76 bits per heavy atom. The van der Waals surface area contributed by atoms with Crippen molar-refractivity contribution in [1.82, 2.24) is 4.90 Å². The summed E-state index contributed by atoms with van der Waals surface area (Å²) in [4.78, 5) is 13.1. The smallest absolute Gasteiger partial charge is 0.310 e. The highest BCUT2D eigenvalue weighted by Gasteiger charge is 2.36. The molecule has 0 aromatic heterocycles. The van der Waals surface area contributed by atoms with E-state index in [2.05, 4.69) is 0 Å². The topological polar surface area (TPSA) is 68.2 Å². The second-order valence-electron chi connectivity index (χ2n) is 5.03. The van der Waals surface area contributed by atoms with Crippen LogP contribution in [0.15, 0.2) is 24.3 Å². The number of methoxy groups -OCH3 is 1. The van der Waals surface area contributed by atoms with Gasteiger partial charge < -0.3 is 19.3 Å². The quantitative estimate of drug-likeness (QED) is 0.812. The molecule has 6 heteroatoms. The third-order valence-corrected chi connectivity index (χ3v) is 3.70. The maximum absolute atomic E-state index is 11.1. The van der Waals surface area contributed by atoms with E-state index in [1.807, 2.05) is 36.2 Å². The minimum Gasteiger partial charge on any atom is -0.493 e. The summed E-state index contributed by atoms with van der Waals surface area (Å²) in [7, 11) is 3.49. The van der Waals surface area contributed by atoms with Gasteiger partial charge in [0.2, 0.25) is 0 Å². The molecule has 1 aliphatic rings. The molecular weight excluding hydrogens is 274 g/mol. The molecule has 0 amide bonds. The number of ether oxygens (including phenoxy) is 3. The molecule has 0 bridgehead atoms. The minimum atomic E-state index is -0.810. The Morgan fingerprint density at radius 1 is 1.38 bits per heavy atom. The zero-order chi connectivity index (χ0) is 15.2. The van der Waals surface area contributed by atoms with Crippen molar-refractivity contribution in [3.63, 3.8) is 0 Å². The standard InChI is InChI=1S/C15H21NO5/c1-16(12-10-20-9-11(12)15(17)18)7-8-21-14-6-4-3-5-13(14)19-2/h3-6,11-12H,7-10H2,1-2H3,(H,17,18). The Labute approximate surface area is 124 Å². The van der Waals surface area contributed by atoms with Gasteiger partial charge in [0.1, 0.15) is 6.61 Å². The van der Waals surface area contributed by atoms with Crippen LogP contribution in [0.5, 0.6) is 11.5 Å². The minimum absolute atomic E-state index is 0.108. The molecule has 1 aromatic rings. The normalized spacial score (nSPS) is 21.5. The summed E-state index contributed by atoms with van der Waals surface area (Å²) in [6.07, 6.45) is 0. The van der Waals surface area contributed by atoms with Gasteiger partial charge in [0.25, 0.3) is 0 Å². The number of carbonyl (C=O) groups is 1. The monoisotopic (exact) mass is 295 g/mol. The second kappa shape index (κ2) is 7.28. The maximum Gasteiger partial charge on any atom is 0.310 e. The van der Waals surface area contributed by atoms with Crippen LogP contribution in [0.4, 0.5) is 0 Å². The first-order valence-electron chi connectivity index (χ1n) is 6.90. The third-order valence-electron chi connectivity index (χ3n) is 3.70. The summed E-state index contributed by atoms with van der Waals surface area (Å²) in [5, 5.41) is 9.15. The molecule has 1 aliphatic heterocycles. The zero-order valence-corrected chi connectivity index (χ0v) is 12.3. The first-order valence-corrected chi connectivity index (χ1v) is 6.90. The highest BCUT2D eigenvalue weighted by Crippen LogP contribution is 2.25. The molecule has 1 fully saturated rings. The lowest BCUT2D eigenvalue weighted by Gasteiger charge is -2.26. The van der Waals surface area contributed by atoms with Gasteiger partial charge in [0.15, 0.2) is 11.5 Å². The van der Waals surface area contributed by atoms with Crippen LogP contribution in [0.25, 0.3) is 0 Å². The van der Waals surface area contributed by atoms with Crippen molar-refractivity contribution in [3.8, 4) is 11.5 Å². The molecule has 1 N–H and O–H groups in total. The molecule has 6 nitrogen and oxygen atoms in total. The van der Waals surface area contributed by atoms with E-state index in [9.17, 15) is 4.79 Å². The molecule has 0 spiro atoms. The van der Waals surface area contributed by atoms with Crippen molar-refractivity contribution in [2.75, 3.05) is 40.5 Å². The van der Waals surface area contributed by atoms with Crippen LogP contribution in [0.2, 0.25) is 0 Å². The van der Waals surface area contributed by atoms with Crippen LogP contribution >= 0.6 is 0 Å². The Hall–Kier alpha value is -1.79.